The molecule has 1 saturated heterocycles. The van der Waals surface area contributed by atoms with Crippen molar-refractivity contribution in [1.29, 1.82) is 0 Å². The quantitative estimate of drug-likeness (QED) is 0.705. The summed E-state index contributed by atoms with van der Waals surface area (Å²) in [6.45, 7) is 6.34. The Labute approximate surface area is 109 Å². The fraction of sp³-hybridized carbons (Fsp3) is 0.923. The maximum absolute atomic E-state index is 12.5. The van der Waals surface area contributed by atoms with Crippen molar-refractivity contribution in [3.05, 3.63) is 0 Å². The summed E-state index contributed by atoms with van der Waals surface area (Å²) >= 11 is 0. The van der Waals surface area contributed by atoms with Gasteiger partial charge in [-0.15, -0.1) is 0 Å². The van der Waals surface area contributed by atoms with Crippen molar-refractivity contribution in [1.82, 2.24) is 15.1 Å². The molecular formula is C13H25N3O2. The van der Waals surface area contributed by atoms with E-state index >= 15 is 0 Å². The summed E-state index contributed by atoms with van der Waals surface area (Å²) in [5.74, 6) is 0.190. The van der Waals surface area contributed by atoms with Crippen molar-refractivity contribution in [2.24, 2.45) is 0 Å². The highest BCUT2D eigenvalue weighted by molar-refractivity contribution is 5.82. The largest absolute Gasteiger partial charge is 0.395 e. The maximum Gasteiger partial charge on any atom is 0.239 e. The van der Waals surface area contributed by atoms with Gasteiger partial charge in [0.05, 0.1) is 12.6 Å². The van der Waals surface area contributed by atoms with E-state index in [4.69, 9.17) is 5.11 Å². The lowest BCUT2D eigenvalue weighted by molar-refractivity contribution is -0.141. The lowest BCUT2D eigenvalue weighted by Gasteiger charge is -2.41. The predicted molar refractivity (Wildman–Crippen MR) is 70.3 cm³/mol. The molecule has 1 unspecified atom stereocenters. The second kappa shape index (κ2) is 6.50. The molecule has 1 saturated carbocycles. The number of piperazine rings is 1. The molecule has 0 aromatic rings. The molecule has 18 heavy (non-hydrogen) atoms. The first-order valence-corrected chi connectivity index (χ1v) is 7.10. The number of hydrogen-bond donors (Lipinski definition) is 2. The van der Waals surface area contributed by atoms with Gasteiger partial charge in [0.15, 0.2) is 0 Å². The third-order valence-corrected chi connectivity index (χ3v) is 4.20. The predicted octanol–water partition coefficient (Wildman–Crippen LogP) is -0.346. The van der Waals surface area contributed by atoms with Crippen LogP contribution in [0.1, 0.15) is 26.2 Å². The lowest BCUT2D eigenvalue weighted by atomic mass is 9.91. The molecule has 1 aliphatic heterocycles. The lowest BCUT2D eigenvalue weighted by Crippen LogP contribution is -2.56. The molecule has 1 amide bonds. The highest BCUT2D eigenvalue weighted by Gasteiger charge is 2.33. The summed E-state index contributed by atoms with van der Waals surface area (Å²) in [6.07, 6.45) is 3.40. The van der Waals surface area contributed by atoms with Crippen molar-refractivity contribution in [3.63, 3.8) is 0 Å². The van der Waals surface area contributed by atoms with Gasteiger partial charge >= 0.3 is 0 Å². The second-order valence-corrected chi connectivity index (χ2v) is 5.30. The van der Waals surface area contributed by atoms with Gasteiger partial charge in [-0.2, -0.15) is 0 Å². The van der Waals surface area contributed by atoms with Gasteiger partial charge < -0.3 is 15.3 Å². The Balaban J connectivity index is 1.93. The molecule has 5 heteroatoms. The van der Waals surface area contributed by atoms with E-state index in [0.29, 0.717) is 12.6 Å². The summed E-state index contributed by atoms with van der Waals surface area (Å²) in [4.78, 5) is 16.7. The van der Waals surface area contributed by atoms with Crippen LogP contribution < -0.4 is 5.32 Å². The molecule has 5 nitrogen and oxygen atoms in total. The minimum atomic E-state index is -0.0563. The molecule has 2 fully saturated rings. The average molecular weight is 255 g/mol. The van der Waals surface area contributed by atoms with Gasteiger partial charge in [0, 0.05) is 38.8 Å². The molecule has 2 aliphatic rings. The summed E-state index contributed by atoms with van der Waals surface area (Å²) < 4.78 is 0. The third kappa shape index (κ3) is 3.02. The number of nitrogens with one attached hydrogen (secondary N) is 1. The zero-order valence-corrected chi connectivity index (χ0v) is 11.3. The minimum absolute atomic E-state index is 0.0563. The number of carbonyl (C=O) groups is 1. The summed E-state index contributed by atoms with van der Waals surface area (Å²) in [7, 11) is 0. The van der Waals surface area contributed by atoms with E-state index in [1.54, 1.807) is 0 Å². The Bertz CT molecular complexity index is 275. The summed E-state index contributed by atoms with van der Waals surface area (Å²) in [6, 6.07) is 0.314. The number of aliphatic hydroxyl groups excluding tert-OH is 1. The Morgan fingerprint density at radius 2 is 2.11 bits per heavy atom. The molecule has 0 bridgehead atoms. The number of aliphatic hydroxyl groups is 1. The average Bonchev–Trinajstić information content (AvgIpc) is 2.35. The summed E-state index contributed by atoms with van der Waals surface area (Å²) in [5.41, 5.74) is 0. The van der Waals surface area contributed by atoms with Crippen molar-refractivity contribution in [2.75, 3.05) is 39.3 Å². The number of amides is 1. The van der Waals surface area contributed by atoms with Gasteiger partial charge in [0.1, 0.15) is 0 Å². The van der Waals surface area contributed by atoms with Crippen LogP contribution >= 0.6 is 0 Å². The molecule has 2 rings (SSSR count). The van der Waals surface area contributed by atoms with Crippen LogP contribution in [0.15, 0.2) is 0 Å². The number of nitrogens with zero attached hydrogens (tertiary/aromatic N) is 2. The number of rotatable bonds is 5. The van der Waals surface area contributed by atoms with E-state index in [1.807, 2.05) is 11.8 Å². The maximum atomic E-state index is 12.5. The van der Waals surface area contributed by atoms with Crippen molar-refractivity contribution < 1.29 is 9.90 Å². The Kier molecular flexibility index (Phi) is 4.97. The molecule has 1 aliphatic carbocycles. The zero-order valence-electron chi connectivity index (χ0n) is 11.3. The highest BCUT2D eigenvalue weighted by atomic mass is 16.3. The minimum Gasteiger partial charge on any atom is -0.395 e. The Morgan fingerprint density at radius 1 is 1.44 bits per heavy atom. The van der Waals surface area contributed by atoms with Crippen LogP contribution in [0, 0.1) is 0 Å². The third-order valence-electron chi connectivity index (χ3n) is 4.20. The number of carbonyl (C=O) groups excluding carboxylic acids is 1. The topological polar surface area (TPSA) is 55.8 Å². The first kappa shape index (κ1) is 13.8. The van der Waals surface area contributed by atoms with Crippen LogP contribution in [-0.2, 0) is 4.79 Å². The fourth-order valence-corrected chi connectivity index (χ4v) is 2.74. The normalized spacial score (nSPS) is 23.4. The standard InChI is InChI=1S/C13H25N3O2/c1-11(15-7-5-14-6-8-15)13(18)16(9-10-17)12-3-2-4-12/h11-12,14,17H,2-10H2,1H3. The molecule has 2 N–H and O–H groups in total. The molecular weight excluding hydrogens is 230 g/mol. The smallest absolute Gasteiger partial charge is 0.239 e. The van der Waals surface area contributed by atoms with E-state index in [-0.39, 0.29) is 18.6 Å². The summed E-state index contributed by atoms with van der Waals surface area (Å²) in [5, 5.41) is 12.4. The van der Waals surface area contributed by atoms with Crippen LogP contribution in [-0.4, -0.2) is 72.2 Å². The van der Waals surface area contributed by atoms with Gasteiger partial charge in [-0.25, -0.2) is 0 Å². The van der Waals surface area contributed by atoms with E-state index in [2.05, 4.69) is 10.2 Å². The van der Waals surface area contributed by atoms with E-state index in [9.17, 15) is 4.79 Å². The molecule has 0 radical (unpaired) electrons. The van der Waals surface area contributed by atoms with E-state index < -0.39 is 0 Å². The van der Waals surface area contributed by atoms with Crippen LogP contribution in [0.5, 0.6) is 0 Å². The van der Waals surface area contributed by atoms with Crippen molar-refractivity contribution >= 4 is 5.91 Å². The van der Waals surface area contributed by atoms with Crippen molar-refractivity contribution in [2.45, 2.75) is 38.3 Å². The first-order valence-electron chi connectivity index (χ1n) is 7.10. The van der Waals surface area contributed by atoms with E-state index in [0.717, 1.165) is 39.0 Å². The van der Waals surface area contributed by atoms with Gasteiger partial charge in [-0.3, -0.25) is 9.69 Å². The fourth-order valence-electron chi connectivity index (χ4n) is 2.74. The van der Waals surface area contributed by atoms with Crippen LogP contribution in [0.3, 0.4) is 0 Å². The SMILES string of the molecule is CC(C(=O)N(CCO)C1CCC1)N1CCNCC1. The number of hydrogen-bond acceptors (Lipinski definition) is 4. The molecule has 104 valence electrons. The second-order valence-electron chi connectivity index (χ2n) is 5.30. The van der Waals surface area contributed by atoms with Gasteiger partial charge in [-0.1, -0.05) is 0 Å². The van der Waals surface area contributed by atoms with Crippen LogP contribution in [0.2, 0.25) is 0 Å². The Morgan fingerprint density at radius 3 is 2.61 bits per heavy atom. The van der Waals surface area contributed by atoms with Gasteiger partial charge in [-0.05, 0) is 26.2 Å². The zero-order chi connectivity index (χ0) is 13.0. The van der Waals surface area contributed by atoms with Crippen LogP contribution in [0.4, 0.5) is 0 Å². The van der Waals surface area contributed by atoms with Gasteiger partial charge in [0.2, 0.25) is 5.91 Å². The molecule has 0 aromatic heterocycles. The van der Waals surface area contributed by atoms with Crippen LogP contribution in [0.25, 0.3) is 0 Å². The first-order chi connectivity index (χ1) is 8.74. The molecule has 0 spiro atoms. The molecule has 0 aromatic carbocycles. The van der Waals surface area contributed by atoms with Gasteiger partial charge in [0.25, 0.3) is 0 Å². The monoisotopic (exact) mass is 255 g/mol. The molecule has 1 atom stereocenters. The Hall–Kier alpha value is -0.650. The van der Waals surface area contributed by atoms with E-state index in [1.165, 1.54) is 6.42 Å². The molecule has 1 heterocycles. The van der Waals surface area contributed by atoms with Crippen molar-refractivity contribution in [3.8, 4) is 0 Å². The highest BCUT2D eigenvalue weighted by Crippen LogP contribution is 2.25.